The molecule has 2 fully saturated rings. The fourth-order valence-corrected chi connectivity index (χ4v) is 4.29. The molecule has 1 aromatic heterocycles. The van der Waals surface area contributed by atoms with Gasteiger partial charge in [-0.2, -0.15) is 0 Å². The van der Waals surface area contributed by atoms with E-state index in [1.807, 2.05) is 12.1 Å². The molecule has 0 aromatic carbocycles. The van der Waals surface area contributed by atoms with Crippen molar-refractivity contribution in [3.63, 3.8) is 0 Å². The van der Waals surface area contributed by atoms with Crippen molar-refractivity contribution in [1.29, 1.82) is 0 Å². The molecule has 4 heteroatoms. The van der Waals surface area contributed by atoms with E-state index >= 15 is 0 Å². The summed E-state index contributed by atoms with van der Waals surface area (Å²) < 4.78 is 0. The van der Waals surface area contributed by atoms with Crippen LogP contribution >= 0.6 is 0 Å². The van der Waals surface area contributed by atoms with Gasteiger partial charge >= 0.3 is 0 Å². The number of allylic oxidation sites excluding steroid dienone is 1. The summed E-state index contributed by atoms with van der Waals surface area (Å²) in [5, 5.41) is 3.06. The Labute approximate surface area is 138 Å². The molecule has 0 bridgehead atoms. The number of carbonyl (C=O) groups is 1. The van der Waals surface area contributed by atoms with Gasteiger partial charge < -0.3 is 10.2 Å². The van der Waals surface area contributed by atoms with Crippen molar-refractivity contribution in [2.45, 2.75) is 38.5 Å². The molecule has 1 N–H and O–H groups in total. The number of aromatic nitrogens is 1. The second kappa shape index (κ2) is 5.99. The summed E-state index contributed by atoms with van der Waals surface area (Å²) in [4.78, 5) is 19.1. The maximum absolute atomic E-state index is 12.4. The van der Waals surface area contributed by atoms with E-state index in [0.717, 1.165) is 43.9 Å². The lowest BCUT2D eigenvalue weighted by Gasteiger charge is -2.49. The number of nitrogens with one attached hydrogen (secondary N) is 1. The number of carbonyl (C=O) groups excluding carboxylic acids is 1. The number of pyridine rings is 1. The van der Waals surface area contributed by atoms with Crippen LogP contribution in [0, 0.1) is 11.3 Å². The predicted octanol–water partition coefficient (Wildman–Crippen LogP) is 3.16. The Morgan fingerprint density at radius 3 is 2.91 bits per heavy atom. The third kappa shape index (κ3) is 2.99. The van der Waals surface area contributed by atoms with E-state index in [0.29, 0.717) is 11.3 Å². The van der Waals surface area contributed by atoms with Crippen molar-refractivity contribution < 1.29 is 4.79 Å². The van der Waals surface area contributed by atoms with Crippen LogP contribution in [0.25, 0.3) is 0 Å². The van der Waals surface area contributed by atoms with Crippen LogP contribution in [0.3, 0.4) is 0 Å². The van der Waals surface area contributed by atoms with Gasteiger partial charge in [-0.25, -0.2) is 4.98 Å². The molecule has 1 unspecified atom stereocenters. The molecule has 1 saturated carbocycles. The van der Waals surface area contributed by atoms with Crippen LogP contribution in [0.1, 0.15) is 48.9 Å². The van der Waals surface area contributed by atoms with Crippen LogP contribution < -0.4 is 10.2 Å². The summed E-state index contributed by atoms with van der Waals surface area (Å²) in [6.07, 6.45) is 13.9. The molecule has 2 heterocycles. The van der Waals surface area contributed by atoms with Crippen LogP contribution in [0.4, 0.5) is 5.82 Å². The second-order valence-electron chi connectivity index (χ2n) is 7.44. The van der Waals surface area contributed by atoms with Crippen LogP contribution in [-0.4, -0.2) is 30.5 Å². The Morgan fingerprint density at radius 1 is 1.35 bits per heavy atom. The molecule has 1 saturated heterocycles. The molecule has 2 aliphatic carbocycles. The quantitative estimate of drug-likeness (QED) is 0.869. The zero-order valence-electron chi connectivity index (χ0n) is 13.6. The van der Waals surface area contributed by atoms with Crippen molar-refractivity contribution in [3.05, 3.63) is 36.0 Å². The van der Waals surface area contributed by atoms with E-state index < -0.39 is 0 Å². The maximum Gasteiger partial charge on any atom is 0.251 e. The third-order valence-corrected chi connectivity index (χ3v) is 5.69. The van der Waals surface area contributed by atoms with E-state index in [1.54, 1.807) is 6.20 Å². The monoisotopic (exact) mass is 311 g/mol. The number of hydrogen-bond donors (Lipinski definition) is 1. The molecule has 1 atom stereocenters. The summed E-state index contributed by atoms with van der Waals surface area (Å²) >= 11 is 0. The number of rotatable bonds is 4. The van der Waals surface area contributed by atoms with Gasteiger partial charge in [-0.05, 0) is 43.7 Å². The first kappa shape index (κ1) is 14.7. The van der Waals surface area contributed by atoms with Gasteiger partial charge in [0.2, 0.25) is 0 Å². The second-order valence-corrected chi connectivity index (χ2v) is 7.44. The van der Waals surface area contributed by atoms with Crippen molar-refractivity contribution in [1.82, 2.24) is 10.3 Å². The highest BCUT2D eigenvalue weighted by Gasteiger charge is 2.45. The van der Waals surface area contributed by atoms with Crippen LogP contribution in [0.5, 0.6) is 0 Å². The first-order valence-electron chi connectivity index (χ1n) is 8.90. The lowest BCUT2D eigenvalue weighted by atomic mass is 9.78. The highest BCUT2D eigenvalue weighted by Crippen LogP contribution is 2.46. The summed E-state index contributed by atoms with van der Waals surface area (Å²) in [5.41, 5.74) is 1.28. The van der Waals surface area contributed by atoms with Gasteiger partial charge in [0.15, 0.2) is 0 Å². The lowest BCUT2D eigenvalue weighted by Crippen LogP contribution is -2.55. The molecule has 0 radical (unpaired) electrons. The first-order chi connectivity index (χ1) is 11.2. The molecule has 1 aromatic rings. The van der Waals surface area contributed by atoms with E-state index in [-0.39, 0.29) is 5.91 Å². The van der Waals surface area contributed by atoms with Crippen molar-refractivity contribution in [2.24, 2.45) is 11.3 Å². The largest absolute Gasteiger partial charge is 0.355 e. The smallest absolute Gasteiger partial charge is 0.251 e. The molecule has 23 heavy (non-hydrogen) atoms. The van der Waals surface area contributed by atoms with Crippen molar-refractivity contribution in [2.75, 3.05) is 24.5 Å². The Bertz CT molecular complexity index is 611. The van der Waals surface area contributed by atoms with E-state index in [1.165, 1.54) is 25.7 Å². The molecule has 1 amide bonds. The normalized spacial score (nSPS) is 24.9. The molecular formula is C19H25N3O. The van der Waals surface area contributed by atoms with Gasteiger partial charge in [0.1, 0.15) is 5.82 Å². The number of hydrogen-bond acceptors (Lipinski definition) is 3. The lowest BCUT2D eigenvalue weighted by molar-refractivity contribution is 0.0949. The molecule has 4 nitrogen and oxygen atoms in total. The average Bonchev–Trinajstić information content (AvgIpc) is 3.22. The van der Waals surface area contributed by atoms with Crippen LogP contribution in [0.15, 0.2) is 30.5 Å². The topological polar surface area (TPSA) is 45.2 Å². The van der Waals surface area contributed by atoms with E-state index in [4.69, 9.17) is 0 Å². The van der Waals surface area contributed by atoms with Crippen LogP contribution in [-0.2, 0) is 0 Å². The Hall–Kier alpha value is -1.84. The molecule has 1 aliphatic heterocycles. The Kier molecular flexibility index (Phi) is 3.83. The first-order valence-corrected chi connectivity index (χ1v) is 8.90. The molecular weight excluding hydrogens is 286 g/mol. The average molecular weight is 311 g/mol. The maximum atomic E-state index is 12.4. The van der Waals surface area contributed by atoms with Gasteiger partial charge in [-0.3, -0.25) is 4.79 Å². The van der Waals surface area contributed by atoms with Gasteiger partial charge in [0.25, 0.3) is 5.91 Å². The molecule has 1 spiro atoms. The highest BCUT2D eigenvalue weighted by molar-refractivity contribution is 5.94. The molecule has 122 valence electrons. The van der Waals surface area contributed by atoms with Gasteiger partial charge in [-0.15, -0.1) is 0 Å². The van der Waals surface area contributed by atoms with Crippen LogP contribution in [0.2, 0.25) is 0 Å². The summed E-state index contributed by atoms with van der Waals surface area (Å²) in [5.74, 6) is 1.47. The molecule has 3 aliphatic rings. The SMILES string of the molecule is O=C(NCC1C=CCC1)c1ccnc(N2CC3(CCCC3)C2)c1. The number of amides is 1. The number of anilines is 1. The summed E-state index contributed by atoms with van der Waals surface area (Å²) in [6.45, 7) is 2.95. The predicted molar refractivity (Wildman–Crippen MR) is 91.5 cm³/mol. The van der Waals surface area contributed by atoms with Gasteiger partial charge in [-0.1, -0.05) is 25.0 Å². The van der Waals surface area contributed by atoms with E-state index in [9.17, 15) is 4.79 Å². The van der Waals surface area contributed by atoms with Gasteiger partial charge in [0.05, 0.1) is 0 Å². The van der Waals surface area contributed by atoms with Gasteiger partial charge in [0, 0.05) is 36.8 Å². The minimum Gasteiger partial charge on any atom is -0.355 e. The summed E-state index contributed by atoms with van der Waals surface area (Å²) in [7, 11) is 0. The standard InChI is InChI=1S/C19H25N3O/c23-18(21-12-15-5-1-2-6-15)16-7-10-20-17(11-16)22-13-19(14-22)8-3-4-9-19/h1,5,7,10-11,15H,2-4,6,8-9,12-14H2,(H,21,23). The minimum atomic E-state index is 0.0186. The number of nitrogens with zero attached hydrogens (tertiary/aromatic N) is 2. The Balaban J connectivity index is 1.36. The van der Waals surface area contributed by atoms with E-state index in [2.05, 4.69) is 27.4 Å². The highest BCUT2D eigenvalue weighted by atomic mass is 16.1. The minimum absolute atomic E-state index is 0.0186. The van der Waals surface area contributed by atoms with Crippen molar-refractivity contribution >= 4 is 11.7 Å². The summed E-state index contributed by atoms with van der Waals surface area (Å²) in [6, 6.07) is 3.76. The zero-order valence-corrected chi connectivity index (χ0v) is 13.6. The third-order valence-electron chi connectivity index (χ3n) is 5.69. The fraction of sp³-hybridized carbons (Fsp3) is 0.579. The zero-order chi connectivity index (χ0) is 15.7. The van der Waals surface area contributed by atoms with Crippen molar-refractivity contribution in [3.8, 4) is 0 Å². The fourth-order valence-electron chi connectivity index (χ4n) is 4.29. The Morgan fingerprint density at radius 2 is 2.17 bits per heavy atom. The molecule has 4 rings (SSSR count).